The third kappa shape index (κ3) is 5.58. The molecule has 0 atom stereocenters. The van der Waals surface area contributed by atoms with Gasteiger partial charge < -0.3 is 14.8 Å². The fourth-order valence-electron chi connectivity index (χ4n) is 2.24. The zero-order valence-electron chi connectivity index (χ0n) is 13.4. The first kappa shape index (κ1) is 19.0. The van der Waals surface area contributed by atoms with E-state index in [1.54, 1.807) is 13.2 Å². The summed E-state index contributed by atoms with van der Waals surface area (Å²) in [5.74, 6) is 0.156. The van der Waals surface area contributed by atoms with Gasteiger partial charge in [0.15, 0.2) is 0 Å². The molecule has 124 valence electrons. The first-order valence-electron chi connectivity index (χ1n) is 7.24. The summed E-state index contributed by atoms with van der Waals surface area (Å²) >= 11 is 0. The number of hydrogen-bond acceptors (Lipinski definition) is 4. The van der Waals surface area contributed by atoms with Crippen molar-refractivity contribution >= 4 is 18.4 Å². The summed E-state index contributed by atoms with van der Waals surface area (Å²) in [4.78, 5) is 11.7. The average molecular weight is 336 g/mol. The van der Waals surface area contributed by atoms with Gasteiger partial charge in [0.2, 0.25) is 0 Å². The Morgan fingerprint density at radius 1 is 1.04 bits per heavy atom. The molecule has 2 rings (SSSR count). The van der Waals surface area contributed by atoms with Gasteiger partial charge in [-0.05, 0) is 36.2 Å². The van der Waals surface area contributed by atoms with Crippen LogP contribution in [0.2, 0.25) is 0 Å². The van der Waals surface area contributed by atoms with Gasteiger partial charge in [0, 0.05) is 6.54 Å². The fourth-order valence-corrected chi connectivity index (χ4v) is 2.24. The Kier molecular flexibility index (Phi) is 8.16. The normalized spacial score (nSPS) is 9.83. The fraction of sp³-hybridized carbons (Fsp3) is 0.278. The van der Waals surface area contributed by atoms with Crippen molar-refractivity contribution in [3.63, 3.8) is 0 Å². The van der Waals surface area contributed by atoms with E-state index in [0.29, 0.717) is 11.3 Å². The van der Waals surface area contributed by atoms with Gasteiger partial charge in [-0.3, -0.25) is 0 Å². The zero-order chi connectivity index (χ0) is 15.8. The molecule has 0 radical (unpaired) electrons. The third-order valence-corrected chi connectivity index (χ3v) is 3.43. The number of methoxy groups -OCH3 is 2. The van der Waals surface area contributed by atoms with Gasteiger partial charge in [-0.2, -0.15) is 0 Å². The van der Waals surface area contributed by atoms with Crippen molar-refractivity contribution in [2.45, 2.75) is 13.0 Å². The Bertz CT molecular complexity index is 617. The lowest BCUT2D eigenvalue weighted by molar-refractivity contribution is 0.0597. The first-order valence-corrected chi connectivity index (χ1v) is 7.24. The minimum atomic E-state index is -0.379. The van der Waals surface area contributed by atoms with Crippen LogP contribution in [0.4, 0.5) is 0 Å². The van der Waals surface area contributed by atoms with Crippen LogP contribution in [-0.4, -0.2) is 26.7 Å². The number of benzene rings is 2. The molecule has 0 aliphatic carbocycles. The Hall–Kier alpha value is -2.04. The lowest BCUT2D eigenvalue weighted by Crippen LogP contribution is -2.17. The van der Waals surface area contributed by atoms with Crippen molar-refractivity contribution in [3.8, 4) is 5.75 Å². The zero-order valence-corrected chi connectivity index (χ0v) is 14.2. The van der Waals surface area contributed by atoms with Crippen LogP contribution in [0.3, 0.4) is 0 Å². The molecule has 4 nitrogen and oxygen atoms in total. The smallest absolute Gasteiger partial charge is 0.341 e. The van der Waals surface area contributed by atoms with Gasteiger partial charge in [-0.25, -0.2) is 4.79 Å². The highest BCUT2D eigenvalue weighted by Gasteiger charge is 2.13. The number of ether oxygens (including phenoxy) is 2. The molecule has 0 aromatic heterocycles. The number of carbonyl (C=O) groups excluding carboxylic acids is 1. The van der Waals surface area contributed by atoms with Gasteiger partial charge in [0.05, 0.1) is 14.2 Å². The Labute approximate surface area is 143 Å². The van der Waals surface area contributed by atoms with Gasteiger partial charge in [-0.15, -0.1) is 12.4 Å². The number of nitrogens with one attached hydrogen (secondary N) is 1. The summed E-state index contributed by atoms with van der Waals surface area (Å²) in [5, 5.41) is 3.39. The molecule has 0 aliphatic rings. The third-order valence-electron chi connectivity index (χ3n) is 3.43. The molecule has 5 heteroatoms. The van der Waals surface area contributed by atoms with Crippen molar-refractivity contribution in [3.05, 3.63) is 65.2 Å². The maximum atomic E-state index is 11.7. The topological polar surface area (TPSA) is 47.6 Å². The molecule has 0 bridgehead atoms. The largest absolute Gasteiger partial charge is 0.496 e. The summed E-state index contributed by atoms with van der Waals surface area (Å²) in [6.07, 6.45) is 0.834. The number of hydrogen-bond donors (Lipinski definition) is 1. The van der Waals surface area contributed by atoms with E-state index in [9.17, 15) is 4.79 Å². The number of esters is 1. The molecule has 0 saturated carbocycles. The molecule has 0 unspecified atom stereocenters. The van der Waals surface area contributed by atoms with E-state index in [0.717, 1.165) is 25.1 Å². The average Bonchev–Trinajstić information content (AvgIpc) is 2.58. The maximum Gasteiger partial charge on any atom is 0.341 e. The van der Waals surface area contributed by atoms with Crippen LogP contribution >= 0.6 is 12.4 Å². The van der Waals surface area contributed by atoms with Gasteiger partial charge in [0.25, 0.3) is 0 Å². The Balaban J connectivity index is 0.00000264. The molecular formula is C18H22ClNO3. The van der Waals surface area contributed by atoms with Crippen LogP contribution < -0.4 is 10.1 Å². The summed E-state index contributed by atoms with van der Waals surface area (Å²) in [5.41, 5.74) is 2.79. The van der Waals surface area contributed by atoms with Crippen molar-refractivity contribution in [2.24, 2.45) is 0 Å². The van der Waals surface area contributed by atoms with Crippen LogP contribution in [0.25, 0.3) is 0 Å². The van der Waals surface area contributed by atoms with E-state index in [2.05, 4.69) is 17.4 Å². The second-order valence-electron chi connectivity index (χ2n) is 4.94. The summed E-state index contributed by atoms with van der Waals surface area (Å²) in [7, 11) is 2.92. The van der Waals surface area contributed by atoms with E-state index < -0.39 is 0 Å². The van der Waals surface area contributed by atoms with Crippen molar-refractivity contribution in [1.29, 1.82) is 0 Å². The maximum absolute atomic E-state index is 11.7. The molecule has 0 heterocycles. The minimum absolute atomic E-state index is 0. The minimum Gasteiger partial charge on any atom is -0.496 e. The highest BCUT2D eigenvalue weighted by atomic mass is 35.5. The second-order valence-corrected chi connectivity index (χ2v) is 4.94. The highest BCUT2D eigenvalue weighted by molar-refractivity contribution is 5.92. The quantitative estimate of drug-likeness (QED) is 0.623. The van der Waals surface area contributed by atoms with Crippen LogP contribution in [0.1, 0.15) is 21.5 Å². The van der Waals surface area contributed by atoms with E-state index in [4.69, 9.17) is 9.47 Å². The van der Waals surface area contributed by atoms with Crippen LogP contribution in [0.15, 0.2) is 48.5 Å². The molecule has 1 N–H and O–H groups in total. The molecule has 2 aromatic carbocycles. The summed E-state index contributed by atoms with van der Waals surface area (Å²) < 4.78 is 9.97. The summed E-state index contributed by atoms with van der Waals surface area (Å²) in [6, 6.07) is 15.9. The molecule has 0 saturated heterocycles. The van der Waals surface area contributed by atoms with Gasteiger partial charge >= 0.3 is 5.97 Å². The SMILES string of the molecule is COC(=O)c1cc(CCNCc2ccccc2)ccc1OC.Cl. The van der Waals surface area contributed by atoms with E-state index in [-0.39, 0.29) is 18.4 Å². The molecule has 0 aliphatic heterocycles. The van der Waals surface area contributed by atoms with Crippen molar-refractivity contribution in [1.82, 2.24) is 5.32 Å². The number of carbonyl (C=O) groups is 1. The number of halogens is 1. The predicted molar refractivity (Wildman–Crippen MR) is 93.4 cm³/mol. The number of rotatable bonds is 7. The highest BCUT2D eigenvalue weighted by Crippen LogP contribution is 2.21. The van der Waals surface area contributed by atoms with Crippen molar-refractivity contribution < 1.29 is 14.3 Å². The Morgan fingerprint density at radius 3 is 2.43 bits per heavy atom. The molecular weight excluding hydrogens is 314 g/mol. The predicted octanol–water partition coefficient (Wildman–Crippen LogP) is 3.24. The molecule has 2 aromatic rings. The monoisotopic (exact) mass is 335 g/mol. The molecule has 23 heavy (non-hydrogen) atoms. The second kappa shape index (κ2) is 9.87. The van der Waals surface area contributed by atoms with E-state index in [1.807, 2.05) is 30.3 Å². The first-order chi connectivity index (χ1) is 10.7. The van der Waals surface area contributed by atoms with Crippen molar-refractivity contribution in [2.75, 3.05) is 20.8 Å². The van der Waals surface area contributed by atoms with Crippen LogP contribution in [0, 0.1) is 0 Å². The lowest BCUT2D eigenvalue weighted by Gasteiger charge is -2.10. The van der Waals surface area contributed by atoms with Gasteiger partial charge in [0.1, 0.15) is 11.3 Å². The molecule has 0 fully saturated rings. The van der Waals surface area contributed by atoms with Crippen LogP contribution in [0.5, 0.6) is 5.75 Å². The van der Waals surface area contributed by atoms with Gasteiger partial charge in [-0.1, -0.05) is 36.4 Å². The summed E-state index contributed by atoms with van der Waals surface area (Å²) in [6.45, 7) is 1.67. The molecule has 0 amide bonds. The standard InChI is InChI=1S/C18H21NO3.ClH/c1-21-17-9-8-14(12-16(17)18(20)22-2)10-11-19-13-15-6-4-3-5-7-15;/h3-9,12,19H,10-11,13H2,1-2H3;1H. The van der Waals surface area contributed by atoms with E-state index >= 15 is 0 Å². The molecule has 0 spiro atoms. The van der Waals surface area contributed by atoms with E-state index in [1.165, 1.54) is 12.7 Å². The lowest BCUT2D eigenvalue weighted by atomic mass is 10.1. The van der Waals surface area contributed by atoms with Crippen LogP contribution in [-0.2, 0) is 17.7 Å². The Morgan fingerprint density at radius 2 is 1.78 bits per heavy atom.